The van der Waals surface area contributed by atoms with Gasteiger partial charge in [-0.3, -0.25) is 0 Å². The number of rotatable bonds is 1. The number of methoxy groups -OCH3 is 1. The Kier molecular flexibility index (Phi) is 2.36. The van der Waals surface area contributed by atoms with Crippen LogP contribution in [0, 0.1) is 0 Å². The predicted octanol–water partition coefficient (Wildman–Crippen LogP) is 3.37. The van der Waals surface area contributed by atoms with E-state index in [2.05, 4.69) is 0 Å². The lowest BCUT2D eigenvalue weighted by Crippen LogP contribution is -2.42. The Morgan fingerprint density at radius 3 is 2.50 bits per heavy atom. The highest BCUT2D eigenvalue weighted by molar-refractivity contribution is 5.41. The predicted molar refractivity (Wildman–Crippen MR) is 50.2 cm³/mol. The molecule has 0 aromatic heterocycles. The average molecular weight is 234 g/mol. The maximum absolute atomic E-state index is 13.4. The van der Waals surface area contributed by atoms with Gasteiger partial charge in [0, 0.05) is 12.0 Å². The summed E-state index contributed by atoms with van der Waals surface area (Å²) in [5.74, 6) is -7.65. The Morgan fingerprint density at radius 2 is 1.88 bits per heavy atom. The Labute approximate surface area is 90.0 Å². The van der Waals surface area contributed by atoms with E-state index in [0.717, 1.165) is 6.07 Å². The summed E-state index contributed by atoms with van der Waals surface area (Å²) in [6, 6.07) is 3.67. The summed E-state index contributed by atoms with van der Waals surface area (Å²) in [5, 5.41) is 0. The molecule has 0 saturated heterocycles. The minimum Gasteiger partial charge on any atom is -0.497 e. The molecule has 1 aromatic carbocycles. The molecule has 0 bridgehead atoms. The smallest absolute Gasteiger partial charge is 0.335 e. The second-order valence-electron chi connectivity index (χ2n) is 3.80. The third-order valence-corrected chi connectivity index (χ3v) is 2.82. The zero-order valence-electron chi connectivity index (χ0n) is 8.57. The molecule has 0 N–H and O–H groups in total. The van der Waals surface area contributed by atoms with Crippen molar-refractivity contribution in [2.45, 2.75) is 24.7 Å². The highest BCUT2D eigenvalue weighted by Gasteiger charge is 2.59. The summed E-state index contributed by atoms with van der Waals surface area (Å²) in [4.78, 5) is 0. The topological polar surface area (TPSA) is 9.23 Å². The summed E-state index contributed by atoms with van der Waals surface area (Å²) in [6.07, 6.45) is -0.894. The molecule has 0 fully saturated rings. The normalized spacial score (nSPS) is 21.3. The van der Waals surface area contributed by atoms with Gasteiger partial charge in [-0.1, -0.05) is 0 Å². The fourth-order valence-electron chi connectivity index (χ4n) is 1.86. The van der Waals surface area contributed by atoms with Crippen molar-refractivity contribution in [3.63, 3.8) is 0 Å². The van der Waals surface area contributed by atoms with E-state index in [9.17, 15) is 17.6 Å². The van der Waals surface area contributed by atoms with E-state index >= 15 is 0 Å². The molecule has 1 aromatic rings. The van der Waals surface area contributed by atoms with Crippen molar-refractivity contribution >= 4 is 0 Å². The fourth-order valence-corrected chi connectivity index (χ4v) is 1.86. The van der Waals surface area contributed by atoms with Crippen LogP contribution in [0.15, 0.2) is 18.2 Å². The summed E-state index contributed by atoms with van der Waals surface area (Å²) < 4.78 is 57.8. The van der Waals surface area contributed by atoms with Crippen LogP contribution in [0.5, 0.6) is 5.75 Å². The van der Waals surface area contributed by atoms with E-state index in [1.165, 1.54) is 19.2 Å². The molecule has 88 valence electrons. The zero-order chi connectivity index (χ0) is 12.0. The van der Waals surface area contributed by atoms with Gasteiger partial charge in [0.05, 0.1) is 7.11 Å². The van der Waals surface area contributed by atoms with Crippen molar-refractivity contribution < 1.29 is 22.3 Å². The van der Waals surface area contributed by atoms with Gasteiger partial charge in [-0.15, -0.1) is 0 Å². The first-order valence-corrected chi connectivity index (χ1v) is 4.81. The van der Waals surface area contributed by atoms with E-state index in [1.807, 2.05) is 0 Å². The zero-order valence-corrected chi connectivity index (χ0v) is 8.57. The van der Waals surface area contributed by atoms with Crippen molar-refractivity contribution in [1.29, 1.82) is 0 Å². The van der Waals surface area contributed by atoms with Crippen molar-refractivity contribution in [1.82, 2.24) is 0 Å². The van der Waals surface area contributed by atoms with Gasteiger partial charge in [0.15, 0.2) is 0 Å². The van der Waals surface area contributed by atoms with E-state index in [0.29, 0.717) is 5.75 Å². The quantitative estimate of drug-likeness (QED) is 0.677. The number of hydrogen-bond donors (Lipinski definition) is 0. The number of fused-ring (bicyclic) bond motifs is 1. The van der Waals surface area contributed by atoms with E-state index in [-0.39, 0.29) is 12.0 Å². The third kappa shape index (κ3) is 1.45. The standard InChI is InChI=1S/C11H10F4O/c1-16-8-2-3-9-7(6-8)4-5-10(12,13)11(9,14)15/h2-3,6H,4-5H2,1H3. The van der Waals surface area contributed by atoms with Crippen LogP contribution in [-0.4, -0.2) is 13.0 Å². The molecule has 1 aliphatic carbocycles. The molecule has 16 heavy (non-hydrogen) atoms. The maximum Gasteiger partial charge on any atom is 0.335 e. The SMILES string of the molecule is COc1ccc2c(c1)CCC(F)(F)C2(F)F. The highest BCUT2D eigenvalue weighted by atomic mass is 19.3. The first-order chi connectivity index (χ1) is 7.38. The van der Waals surface area contributed by atoms with Crippen LogP contribution in [-0.2, 0) is 12.3 Å². The number of alkyl halides is 4. The van der Waals surface area contributed by atoms with Crippen molar-refractivity contribution in [3.05, 3.63) is 29.3 Å². The van der Waals surface area contributed by atoms with Crippen molar-refractivity contribution in [2.75, 3.05) is 7.11 Å². The molecule has 1 nitrogen and oxygen atoms in total. The number of halogens is 4. The summed E-state index contributed by atoms with van der Waals surface area (Å²) in [7, 11) is 1.40. The second kappa shape index (κ2) is 3.37. The lowest BCUT2D eigenvalue weighted by molar-refractivity contribution is -0.224. The van der Waals surface area contributed by atoms with E-state index in [1.54, 1.807) is 0 Å². The summed E-state index contributed by atoms with van der Waals surface area (Å²) in [5.41, 5.74) is -0.361. The third-order valence-electron chi connectivity index (χ3n) is 2.82. The van der Waals surface area contributed by atoms with Crippen LogP contribution >= 0.6 is 0 Å². The molecule has 2 rings (SSSR count). The lowest BCUT2D eigenvalue weighted by atomic mass is 9.86. The summed E-state index contributed by atoms with van der Waals surface area (Å²) in [6.45, 7) is 0. The number of hydrogen-bond acceptors (Lipinski definition) is 1. The monoisotopic (exact) mass is 234 g/mol. The van der Waals surface area contributed by atoms with E-state index < -0.39 is 23.8 Å². The fraction of sp³-hybridized carbons (Fsp3) is 0.455. The molecular formula is C11H10F4O. The van der Waals surface area contributed by atoms with Gasteiger partial charge in [0.25, 0.3) is 0 Å². The van der Waals surface area contributed by atoms with Gasteiger partial charge in [-0.25, -0.2) is 0 Å². The maximum atomic E-state index is 13.4. The van der Waals surface area contributed by atoms with Gasteiger partial charge < -0.3 is 4.74 Å². The van der Waals surface area contributed by atoms with Gasteiger partial charge in [0.1, 0.15) is 5.75 Å². The molecule has 0 saturated carbocycles. The van der Waals surface area contributed by atoms with Crippen LogP contribution in [0.3, 0.4) is 0 Å². The molecule has 0 atom stereocenters. The Morgan fingerprint density at radius 1 is 1.19 bits per heavy atom. The Bertz CT molecular complexity index is 414. The molecule has 0 aliphatic heterocycles. The molecule has 0 unspecified atom stereocenters. The van der Waals surface area contributed by atoms with Crippen LogP contribution in [0.25, 0.3) is 0 Å². The molecule has 5 heteroatoms. The van der Waals surface area contributed by atoms with Gasteiger partial charge in [-0.05, 0) is 30.2 Å². The molecule has 1 aliphatic rings. The number of aryl methyl sites for hydroxylation is 1. The van der Waals surface area contributed by atoms with Crippen LogP contribution < -0.4 is 4.74 Å². The minimum absolute atomic E-state index is 0.0604. The molecule has 0 amide bonds. The van der Waals surface area contributed by atoms with Crippen LogP contribution in [0.2, 0.25) is 0 Å². The highest BCUT2D eigenvalue weighted by Crippen LogP contribution is 2.50. The minimum atomic E-state index is -4.09. The van der Waals surface area contributed by atoms with Gasteiger partial charge >= 0.3 is 11.8 Å². The largest absolute Gasteiger partial charge is 0.497 e. The Hall–Kier alpha value is -1.26. The average Bonchev–Trinajstić information content (AvgIpc) is 2.24. The number of benzene rings is 1. The van der Waals surface area contributed by atoms with Crippen molar-refractivity contribution in [2.24, 2.45) is 0 Å². The first-order valence-electron chi connectivity index (χ1n) is 4.81. The van der Waals surface area contributed by atoms with Crippen molar-refractivity contribution in [3.8, 4) is 5.75 Å². The lowest BCUT2D eigenvalue weighted by Gasteiger charge is -2.33. The van der Waals surface area contributed by atoms with Crippen LogP contribution in [0.4, 0.5) is 17.6 Å². The molecular weight excluding hydrogens is 224 g/mol. The van der Waals surface area contributed by atoms with Gasteiger partial charge in [0.2, 0.25) is 0 Å². The van der Waals surface area contributed by atoms with E-state index in [4.69, 9.17) is 4.74 Å². The van der Waals surface area contributed by atoms with Crippen LogP contribution in [0.1, 0.15) is 17.5 Å². The summed E-state index contributed by atoms with van der Waals surface area (Å²) >= 11 is 0. The molecule has 0 radical (unpaired) electrons. The molecule has 0 spiro atoms. The number of ether oxygens (including phenoxy) is 1. The second-order valence-corrected chi connectivity index (χ2v) is 3.80. The first kappa shape index (κ1) is 11.2. The van der Waals surface area contributed by atoms with Gasteiger partial charge in [-0.2, -0.15) is 17.6 Å². The Balaban J connectivity index is 2.52. The molecule has 0 heterocycles.